The molecule has 142 valence electrons. The lowest BCUT2D eigenvalue weighted by molar-refractivity contribution is 0.114. The number of pyridine rings is 1. The zero-order chi connectivity index (χ0) is 17.7. The molecule has 4 heteroatoms. The number of aromatic nitrogens is 1. The minimum absolute atomic E-state index is 0.0326. The molecule has 0 unspecified atom stereocenters. The second-order valence-corrected chi connectivity index (χ2v) is 7.26. The van der Waals surface area contributed by atoms with Crippen LogP contribution >= 0.6 is 0 Å². The molecular formula is C21H36N2O2. The van der Waals surface area contributed by atoms with Crippen LogP contribution in [0.3, 0.4) is 0 Å². The van der Waals surface area contributed by atoms with Crippen molar-refractivity contribution in [3.63, 3.8) is 0 Å². The summed E-state index contributed by atoms with van der Waals surface area (Å²) in [4.78, 5) is 4.39. The number of hydrogen-bond donors (Lipinski definition) is 2. The molecule has 1 fully saturated rings. The summed E-state index contributed by atoms with van der Waals surface area (Å²) in [5.41, 5.74) is 1.03. The third-order valence-corrected chi connectivity index (χ3v) is 5.10. The Morgan fingerprint density at radius 1 is 1.12 bits per heavy atom. The van der Waals surface area contributed by atoms with Crippen LogP contribution in [0, 0.1) is 0 Å². The molecule has 0 aromatic carbocycles. The Morgan fingerprint density at radius 3 is 2.40 bits per heavy atom. The van der Waals surface area contributed by atoms with Crippen molar-refractivity contribution >= 4 is 0 Å². The highest BCUT2D eigenvalue weighted by Crippen LogP contribution is 2.24. The van der Waals surface area contributed by atoms with Crippen LogP contribution in [0.1, 0.15) is 89.2 Å². The SMILES string of the molecule is CCCCCCCCCCN[C@@H](CO)c1ccc(OC2CCC2)nc1. The van der Waals surface area contributed by atoms with Gasteiger partial charge in [0.05, 0.1) is 12.6 Å². The van der Waals surface area contributed by atoms with Crippen LogP contribution < -0.4 is 10.1 Å². The van der Waals surface area contributed by atoms with Crippen molar-refractivity contribution in [3.05, 3.63) is 23.9 Å². The van der Waals surface area contributed by atoms with Gasteiger partial charge in [0.2, 0.25) is 5.88 Å². The van der Waals surface area contributed by atoms with E-state index < -0.39 is 0 Å². The molecule has 0 amide bonds. The van der Waals surface area contributed by atoms with Gasteiger partial charge in [0.15, 0.2) is 0 Å². The molecule has 1 atom stereocenters. The fourth-order valence-electron chi connectivity index (χ4n) is 3.15. The Hall–Kier alpha value is -1.13. The van der Waals surface area contributed by atoms with Gasteiger partial charge in [-0.1, -0.05) is 57.9 Å². The first-order valence-corrected chi connectivity index (χ1v) is 10.3. The molecular weight excluding hydrogens is 312 g/mol. The van der Waals surface area contributed by atoms with E-state index in [2.05, 4.69) is 17.2 Å². The van der Waals surface area contributed by atoms with Gasteiger partial charge in [0, 0.05) is 12.3 Å². The lowest BCUT2D eigenvalue weighted by atomic mass is 9.96. The summed E-state index contributed by atoms with van der Waals surface area (Å²) in [6, 6.07) is 3.91. The van der Waals surface area contributed by atoms with E-state index in [1.165, 1.54) is 57.8 Å². The lowest BCUT2D eigenvalue weighted by Gasteiger charge is -2.25. The Morgan fingerprint density at radius 2 is 1.84 bits per heavy atom. The van der Waals surface area contributed by atoms with Crippen LogP contribution in [0.4, 0.5) is 0 Å². The lowest BCUT2D eigenvalue weighted by Crippen LogP contribution is -2.26. The molecule has 0 radical (unpaired) electrons. The molecule has 0 bridgehead atoms. The van der Waals surface area contributed by atoms with Crippen LogP contribution in [-0.4, -0.2) is 29.3 Å². The molecule has 4 nitrogen and oxygen atoms in total. The van der Waals surface area contributed by atoms with Gasteiger partial charge < -0.3 is 15.2 Å². The second-order valence-electron chi connectivity index (χ2n) is 7.26. The van der Waals surface area contributed by atoms with Crippen molar-refractivity contribution in [1.29, 1.82) is 0 Å². The third-order valence-electron chi connectivity index (χ3n) is 5.10. The fourth-order valence-corrected chi connectivity index (χ4v) is 3.15. The average Bonchev–Trinajstić information content (AvgIpc) is 2.61. The van der Waals surface area contributed by atoms with E-state index in [1.54, 1.807) is 0 Å². The van der Waals surface area contributed by atoms with Crippen molar-refractivity contribution in [2.24, 2.45) is 0 Å². The van der Waals surface area contributed by atoms with Crippen LogP contribution in [0.5, 0.6) is 5.88 Å². The van der Waals surface area contributed by atoms with Gasteiger partial charge in [0.1, 0.15) is 6.10 Å². The van der Waals surface area contributed by atoms with E-state index in [0.717, 1.165) is 24.9 Å². The van der Waals surface area contributed by atoms with Crippen molar-refractivity contribution in [2.75, 3.05) is 13.2 Å². The largest absolute Gasteiger partial charge is 0.474 e. The maximum atomic E-state index is 9.64. The first-order valence-electron chi connectivity index (χ1n) is 10.3. The molecule has 1 heterocycles. The number of hydrogen-bond acceptors (Lipinski definition) is 4. The van der Waals surface area contributed by atoms with E-state index in [4.69, 9.17) is 4.74 Å². The normalized spacial score (nSPS) is 15.8. The van der Waals surface area contributed by atoms with Crippen LogP contribution in [-0.2, 0) is 0 Å². The molecule has 0 aliphatic heterocycles. The number of nitrogens with zero attached hydrogens (tertiary/aromatic N) is 1. The van der Waals surface area contributed by atoms with Gasteiger partial charge in [-0.05, 0) is 37.8 Å². The van der Waals surface area contributed by atoms with E-state index in [-0.39, 0.29) is 12.6 Å². The number of nitrogens with one attached hydrogen (secondary N) is 1. The number of aliphatic hydroxyl groups is 1. The van der Waals surface area contributed by atoms with Gasteiger partial charge in [-0.25, -0.2) is 4.98 Å². The number of rotatable bonds is 14. The van der Waals surface area contributed by atoms with Gasteiger partial charge >= 0.3 is 0 Å². The van der Waals surface area contributed by atoms with Crippen molar-refractivity contribution in [1.82, 2.24) is 10.3 Å². The molecule has 25 heavy (non-hydrogen) atoms. The standard InChI is InChI=1S/C21H36N2O2/c1-2-3-4-5-6-7-8-9-15-22-20(17-24)18-13-14-21(23-16-18)25-19-11-10-12-19/h13-14,16,19-20,22,24H,2-12,15,17H2,1H3/t20-/m0/s1. The van der Waals surface area contributed by atoms with Crippen LogP contribution in [0.2, 0.25) is 0 Å². The maximum Gasteiger partial charge on any atom is 0.213 e. The summed E-state index contributed by atoms with van der Waals surface area (Å²) in [7, 11) is 0. The summed E-state index contributed by atoms with van der Waals surface area (Å²) < 4.78 is 5.79. The van der Waals surface area contributed by atoms with Crippen LogP contribution in [0.25, 0.3) is 0 Å². The minimum Gasteiger partial charge on any atom is -0.474 e. The second kappa shape index (κ2) is 12.3. The number of ether oxygens (including phenoxy) is 1. The highest BCUT2D eigenvalue weighted by molar-refractivity contribution is 5.21. The zero-order valence-corrected chi connectivity index (χ0v) is 15.9. The quantitative estimate of drug-likeness (QED) is 0.475. The molecule has 2 N–H and O–H groups in total. The maximum absolute atomic E-state index is 9.64. The molecule has 2 rings (SSSR count). The highest BCUT2D eigenvalue weighted by atomic mass is 16.5. The third kappa shape index (κ3) is 7.74. The number of aliphatic hydroxyl groups excluding tert-OH is 1. The predicted octanol–water partition coefficient (Wildman–Crippen LogP) is 4.78. The van der Waals surface area contributed by atoms with Gasteiger partial charge in [-0.15, -0.1) is 0 Å². The fraction of sp³-hybridized carbons (Fsp3) is 0.762. The Kier molecular flexibility index (Phi) is 9.90. The average molecular weight is 349 g/mol. The summed E-state index contributed by atoms with van der Waals surface area (Å²) in [6.07, 6.45) is 16.3. The molecule has 0 spiro atoms. The molecule has 1 aromatic heterocycles. The first-order chi connectivity index (χ1) is 12.3. The van der Waals surface area contributed by atoms with Crippen molar-refractivity contribution in [3.8, 4) is 5.88 Å². The molecule has 1 aliphatic carbocycles. The Balaban J connectivity index is 1.59. The Bertz CT molecular complexity index is 446. The molecule has 1 aliphatic rings. The highest BCUT2D eigenvalue weighted by Gasteiger charge is 2.19. The summed E-state index contributed by atoms with van der Waals surface area (Å²) in [6.45, 7) is 3.30. The molecule has 1 saturated carbocycles. The smallest absolute Gasteiger partial charge is 0.213 e. The summed E-state index contributed by atoms with van der Waals surface area (Å²) in [5.74, 6) is 0.702. The van der Waals surface area contributed by atoms with Gasteiger partial charge in [-0.3, -0.25) is 0 Å². The Labute approximate surface area is 153 Å². The molecule has 0 saturated heterocycles. The van der Waals surface area contributed by atoms with Crippen LogP contribution in [0.15, 0.2) is 18.3 Å². The van der Waals surface area contributed by atoms with Crippen molar-refractivity contribution in [2.45, 2.75) is 89.7 Å². The van der Waals surface area contributed by atoms with Gasteiger partial charge in [0.25, 0.3) is 0 Å². The first kappa shape index (κ1) is 20.2. The van der Waals surface area contributed by atoms with Crippen molar-refractivity contribution < 1.29 is 9.84 Å². The van der Waals surface area contributed by atoms with E-state index >= 15 is 0 Å². The molecule has 1 aromatic rings. The van der Waals surface area contributed by atoms with Gasteiger partial charge in [-0.2, -0.15) is 0 Å². The summed E-state index contributed by atoms with van der Waals surface area (Å²) in [5, 5.41) is 13.1. The minimum atomic E-state index is -0.0326. The monoisotopic (exact) mass is 348 g/mol. The number of unbranched alkanes of at least 4 members (excludes halogenated alkanes) is 7. The van der Waals surface area contributed by atoms with E-state index in [9.17, 15) is 5.11 Å². The topological polar surface area (TPSA) is 54.4 Å². The van der Waals surface area contributed by atoms with E-state index in [0.29, 0.717) is 12.0 Å². The summed E-state index contributed by atoms with van der Waals surface area (Å²) >= 11 is 0. The predicted molar refractivity (Wildman–Crippen MR) is 103 cm³/mol. The zero-order valence-electron chi connectivity index (χ0n) is 15.9. The van der Waals surface area contributed by atoms with E-state index in [1.807, 2.05) is 18.3 Å².